The van der Waals surface area contributed by atoms with E-state index in [0.717, 1.165) is 0 Å². The highest BCUT2D eigenvalue weighted by Gasteiger charge is 2.22. The number of aromatic amines is 1. The molecule has 1 saturated heterocycles. The molecule has 3 rings (SSSR count). The number of rotatable bonds is 1. The van der Waals surface area contributed by atoms with Gasteiger partial charge < -0.3 is 4.98 Å². The first-order valence-electron chi connectivity index (χ1n) is 6.12. The highest BCUT2D eigenvalue weighted by atomic mass is 15.1. The van der Waals surface area contributed by atoms with Gasteiger partial charge in [-0.2, -0.15) is 0 Å². The maximum absolute atomic E-state index is 3.38. The van der Waals surface area contributed by atoms with Gasteiger partial charge in [0.25, 0.3) is 0 Å². The summed E-state index contributed by atoms with van der Waals surface area (Å²) in [7, 11) is 2.24. The molecule has 1 atom stereocenters. The van der Waals surface area contributed by atoms with Crippen LogP contribution in [0.1, 0.15) is 30.9 Å². The maximum Gasteiger partial charge on any atom is 0.0457 e. The Morgan fingerprint density at radius 3 is 3.00 bits per heavy atom. The van der Waals surface area contributed by atoms with Gasteiger partial charge >= 0.3 is 0 Å². The smallest absolute Gasteiger partial charge is 0.0457 e. The quantitative estimate of drug-likeness (QED) is 0.771. The van der Waals surface area contributed by atoms with Crippen LogP contribution in [0.4, 0.5) is 0 Å². The van der Waals surface area contributed by atoms with E-state index in [9.17, 15) is 0 Å². The van der Waals surface area contributed by atoms with E-state index in [2.05, 4.69) is 47.4 Å². The molecule has 2 nitrogen and oxygen atoms in total. The molecule has 0 aliphatic carbocycles. The fourth-order valence-corrected chi connectivity index (χ4v) is 2.84. The van der Waals surface area contributed by atoms with Crippen LogP contribution >= 0.6 is 0 Å². The second kappa shape index (κ2) is 3.95. The van der Waals surface area contributed by atoms with Crippen molar-refractivity contribution in [2.45, 2.75) is 25.3 Å². The van der Waals surface area contributed by atoms with Gasteiger partial charge in [0.15, 0.2) is 0 Å². The third-order valence-electron chi connectivity index (χ3n) is 3.75. The van der Waals surface area contributed by atoms with Crippen LogP contribution in [-0.4, -0.2) is 23.5 Å². The zero-order chi connectivity index (χ0) is 11.0. The standard InChI is InChI=1S/C14H18N2/c1-16-9-5-4-8-14(16)12-10-15-13-7-3-2-6-11(12)13/h2-3,6-7,10,14-15H,4-5,8-9H2,1H3. The second-order valence-electron chi connectivity index (χ2n) is 4.78. The number of nitrogens with one attached hydrogen (secondary N) is 1. The Kier molecular flexibility index (Phi) is 2.44. The summed E-state index contributed by atoms with van der Waals surface area (Å²) in [6.07, 6.45) is 6.18. The van der Waals surface area contributed by atoms with Gasteiger partial charge in [-0.15, -0.1) is 0 Å². The van der Waals surface area contributed by atoms with Crippen molar-refractivity contribution in [3.05, 3.63) is 36.0 Å². The van der Waals surface area contributed by atoms with Gasteiger partial charge in [-0.1, -0.05) is 24.6 Å². The van der Waals surface area contributed by atoms with Crippen LogP contribution in [0.3, 0.4) is 0 Å². The van der Waals surface area contributed by atoms with Gasteiger partial charge in [0.05, 0.1) is 0 Å². The molecule has 84 valence electrons. The van der Waals surface area contributed by atoms with Crippen molar-refractivity contribution in [2.24, 2.45) is 0 Å². The van der Waals surface area contributed by atoms with Crippen molar-refractivity contribution < 1.29 is 0 Å². The Labute approximate surface area is 96.3 Å². The molecule has 16 heavy (non-hydrogen) atoms. The van der Waals surface area contributed by atoms with Gasteiger partial charge in [-0.05, 0) is 38.1 Å². The normalized spacial score (nSPS) is 22.7. The minimum Gasteiger partial charge on any atom is -0.361 e. The lowest BCUT2D eigenvalue weighted by molar-refractivity contribution is 0.188. The number of nitrogens with zero attached hydrogens (tertiary/aromatic N) is 1. The van der Waals surface area contributed by atoms with Crippen molar-refractivity contribution in [1.82, 2.24) is 9.88 Å². The van der Waals surface area contributed by atoms with E-state index >= 15 is 0 Å². The molecule has 1 unspecified atom stereocenters. The largest absolute Gasteiger partial charge is 0.361 e. The lowest BCUT2D eigenvalue weighted by Crippen LogP contribution is -2.29. The van der Waals surface area contributed by atoms with Crippen molar-refractivity contribution >= 4 is 10.9 Å². The summed E-state index contributed by atoms with van der Waals surface area (Å²) < 4.78 is 0. The SMILES string of the molecule is CN1CCCCC1c1c[nH]c2ccccc12. The van der Waals surface area contributed by atoms with Crippen molar-refractivity contribution in [2.75, 3.05) is 13.6 Å². The summed E-state index contributed by atoms with van der Waals surface area (Å²) in [4.78, 5) is 5.86. The number of benzene rings is 1. The Balaban J connectivity index is 2.04. The first-order valence-corrected chi connectivity index (χ1v) is 6.12. The molecule has 0 saturated carbocycles. The van der Waals surface area contributed by atoms with Gasteiger partial charge in [0, 0.05) is 23.1 Å². The summed E-state index contributed by atoms with van der Waals surface area (Å²) in [5, 5.41) is 1.39. The summed E-state index contributed by atoms with van der Waals surface area (Å²) >= 11 is 0. The van der Waals surface area contributed by atoms with Crippen LogP contribution in [-0.2, 0) is 0 Å². The molecule has 1 aromatic heterocycles. The Morgan fingerprint density at radius 2 is 2.12 bits per heavy atom. The molecule has 1 aliphatic rings. The summed E-state index contributed by atoms with van der Waals surface area (Å²) in [5.41, 5.74) is 2.73. The van der Waals surface area contributed by atoms with Crippen molar-refractivity contribution in [3.63, 3.8) is 0 Å². The lowest BCUT2D eigenvalue weighted by Gasteiger charge is -2.32. The van der Waals surface area contributed by atoms with E-state index in [-0.39, 0.29) is 0 Å². The lowest BCUT2D eigenvalue weighted by atomic mass is 9.95. The van der Waals surface area contributed by atoms with Crippen LogP contribution in [0.2, 0.25) is 0 Å². The van der Waals surface area contributed by atoms with Crippen LogP contribution in [0, 0.1) is 0 Å². The summed E-state index contributed by atoms with van der Waals surface area (Å²) in [5.74, 6) is 0. The number of fused-ring (bicyclic) bond motifs is 1. The van der Waals surface area contributed by atoms with Crippen molar-refractivity contribution in [3.8, 4) is 0 Å². The summed E-state index contributed by atoms with van der Waals surface area (Å²) in [6, 6.07) is 9.20. The first kappa shape index (κ1) is 9.91. The Morgan fingerprint density at radius 1 is 1.25 bits per heavy atom. The fourth-order valence-electron chi connectivity index (χ4n) is 2.84. The van der Waals surface area contributed by atoms with E-state index in [1.165, 1.54) is 42.3 Å². The first-order chi connectivity index (χ1) is 7.86. The number of H-pyrrole nitrogens is 1. The molecule has 1 N–H and O–H groups in total. The average molecular weight is 214 g/mol. The molecule has 0 amide bonds. The van der Waals surface area contributed by atoms with Gasteiger partial charge in [-0.25, -0.2) is 0 Å². The topological polar surface area (TPSA) is 19.0 Å². The van der Waals surface area contributed by atoms with E-state index in [1.54, 1.807) is 0 Å². The van der Waals surface area contributed by atoms with Crippen LogP contribution in [0.25, 0.3) is 10.9 Å². The highest BCUT2D eigenvalue weighted by Crippen LogP contribution is 2.33. The second-order valence-corrected chi connectivity index (χ2v) is 4.78. The molecule has 0 radical (unpaired) electrons. The number of aromatic nitrogens is 1. The number of hydrogen-bond acceptors (Lipinski definition) is 1. The minimum atomic E-state index is 0.602. The van der Waals surface area contributed by atoms with Gasteiger partial charge in [0.2, 0.25) is 0 Å². The Hall–Kier alpha value is -1.28. The van der Waals surface area contributed by atoms with E-state index in [1.807, 2.05) is 0 Å². The zero-order valence-electron chi connectivity index (χ0n) is 9.74. The summed E-state index contributed by atoms with van der Waals surface area (Å²) in [6.45, 7) is 1.23. The number of para-hydroxylation sites is 1. The molecule has 0 spiro atoms. The molecule has 1 aromatic carbocycles. The van der Waals surface area contributed by atoms with E-state index < -0.39 is 0 Å². The predicted octanol–water partition coefficient (Wildman–Crippen LogP) is 3.32. The molecule has 2 heteroatoms. The van der Waals surface area contributed by atoms with Gasteiger partial charge in [0.1, 0.15) is 0 Å². The molecule has 0 bridgehead atoms. The molecule has 1 aliphatic heterocycles. The molecule has 2 heterocycles. The van der Waals surface area contributed by atoms with E-state index in [0.29, 0.717) is 6.04 Å². The maximum atomic E-state index is 3.38. The van der Waals surface area contributed by atoms with Crippen LogP contribution in [0.15, 0.2) is 30.5 Å². The minimum absolute atomic E-state index is 0.602. The predicted molar refractivity (Wildman–Crippen MR) is 67.5 cm³/mol. The third-order valence-corrected chi connectivity index (χ3v) is 3.75. The molecular formula is C14H18N2. The Bertz CT molecular complexity index is 486. The van der Waals surface area contributed by atoms with Gasteiger partial charge in [-0.3, -0.25) is 4.90 Å². The zero-order valence-corrected chi connectivity index (χ0v) is 9.74. The fraction of sp³-hybridized carbons (Fsp3) is 0.429. The molecule has 2 aromatic rings. The third kappa shape index (κ3) is 1.54. The average Bonchev–Trinajstić information content (AvgIpc) is 2.74. The molecular weight excluding hydrogens is 196 g/mol. The number of hydrogen-bond donors (Lipinski definition) is 1. The molecule has 1 fully saturated rings. The monoisotopic (exact) mass is 214 g/mol. The van der Waals surface area contributed by atoms with Crippen LogP contribution in [0.5, 0.6) is 0 Å². The number of piperidine rings is 1. The van der Waals surface area contributed by atoms with Crippen molar-refractivity contribution in [1.29, 1.82) is 0 Å². The number of likely N-dealkylation sites (tertiary alicyclic amines) is 1. The van der Waals surface area contributed by atoms with E-state index in [4.69, 9.17) is 0 Å². The highest BCUT2D eigenvalue weighted by molar-refractivity contribution is 5.83. The van der Waals surface area contributed by atoms with Crippen LogP contribution < -0.4 is 0 Å².